The maximum atomic E-state index is 6.63. The zero-order valence-electron chi connectivity index (χ0n) is 24.5. The van der Waals surface area contributed by atoms with E-state index in [2.05, 4.69) is 54.6 Å². The van der Waals surface area contributed by atoms with Gasteiger partial charge in [0, 0.05) is 27.5 Å². The van der Waals surface area contributed by atoms with Crippen molar-refractivity contribution in [3.05, 3.63) is 146 Å². The van der Waals surface area contributed by atoms with Crippen molar-refractivity contribution in [2.75, 3.05) is 0 Å². The van der Waals surface area contributed by atoms with Gasteiger partial charge in [-0.25, -0.2) is 19.9 Å². The summed E-state index contributed by atoms with van der Waals surface area (Å²) in [6, 6.07) is 49.4. The molecule has 0 aliphatic carbocycles. The third kappa shape index (κ3) is 4.64. The molecule has 0 unspecified atom stereocenters. The zero-order valence-corrected chi connectivity index (χ0v) is 25.3. The van der Waals surface area contributed by atoms with Crippen molar-refractivity contribution in [3.63, 3.8) is 0 Å². The molecular formula is C40H24N4OS. The van der Waals surface area contributed by atoms with Gasteiger partial charge in [-0.2, -0.15) is 0 Å². The molecule has 0 atom stereocenters. The lowest BCUT2D eigenvalue weighted by atomic mass is 10.0. The first-order valence-corrected chi connectivity index (χ1v) is 15.9. The molecule has 9 rings (SSSR count). The molecule has 0 fully saturated rings. The molecule has 0 bridgehead atoms. The number of fused-ring (bicyclic) bond motifs is 4. The maximum absolute atomic E-state index is 6.63. The molecule has 6 aromatic carbocycles. The van der Waals surface area contributed by atoms with Crippen molar-refractivity contribution in [2.45, 2.75) is 0 Å². The first kappa shape index (κ1) is 26.4. The van der Waals surface area contributed by atoms with Crippen LogP contribution in [0.25, 0.3) is 88.0 Å². The average Bonchev–Trinajstić information content (AvgIpc) is 3.73. The molecule has 0 aliphatic heterocycles. The fraction of sp³-hybridized carbons (Fsp3) is 0. The van der Waals surface area contributed by atoms with Crippen molar-refractivity contribution in [3.8, 4) is 55.9 Å². The molecule has 6 heteroatoms. The molecule has 0 radical (unpaired) electrons. The maximum Gasteiger partial charge on any atom is 0.167 e. The first-order chi connectivity index (χ1) is 22.8. The topological polar surface area (TPSA) is 64.7 Å². The normalized spacial score (nSPS) is 11.5. The van der Waals surface area contributed by atoms with Gasteiger partial charge < -0.3 is 4.42 Å². The third-order valence-electron chi connectivity index (χ3n) is 8.18. The van der Waals surface area contributed by atoms with Crippen LogP contribution in [0.3, 0.4) is 0 Å². The summed E-state index contributed by atoms with van der Waals surface area (Å²) in [5, 5.41) is 3.09. The molecule has 0 amide bonds. The number of rotatable bonds is 5. The Bertz CT molecular complexity index is 2470. The largest absolute Gasteiger partial charge is 0.455 e. The summed E-state index contributed by atoms with van der Waals surface area (Å²) in [6.07, 6.45) is 0. The Morgan fingerprint density at radius 1 is 0.435 bits per heavy atom. The van der Waals surface area contributed by atoms with Crippen LogP contribution in [0.1, 0.15) is 0 Å². The molecule has 216 valence electrons. The fourth-order valence-corrected chi connectivity index (χ4v) is 6.90. The van der Waals surface area contributed by atoms with E-state index in [-0.39, 0.29) is 0 Å². The van der Waals surface area contributed by atoms with Crippen LogP contribution in [-0.4, -0.2) is 19.9 Å². The summed E-state index contributed by atoms with van der Waals surface area (Å²) in [5.41, 5.74) is 8.60. The molecule has 5 nitrogen and oxygen atoms in total. The molecule has 0 saturated carbocycles. The van der Waals surface area contributed by atoms with E-state index < -0.39 is 0 Å². The molecule has 0 spiro atoms. The number of benzene rings is 6. The Hall–Kier alpha value is -5.98. The number of furan rings is 1. The summed E-state index contributed by atoms with van der Waals surface area (Å²) in [4.78, 5) is 19.6. The summed E-state index contributed by atoms with van der Waals surface area (Å²) in [7, 11) is 0. The Morgan fingerprint density at radius 2 is 1.04 bits per heavy atom. The van der Waals surface area contributed by atoms with Gasteiger partial charge in [-0.3, -0.25) is 0 Å². The second-order valence-electron chi connectivity index (χ2n) is 11.1. The fourth-order valence-electron chi connectivity index (χ4n) is 5.89. The molecule has 3 aromatic heterocycles. The van der Waals surface area contributed by atoms with Crippen LogP contribution < -0.4 is 0 Å². The van der Waals surface area contributed by atoms with Crippen LogP contribution in [0, 0.1) is 0 Å². The van der Waals surface area contributed by atoms with Gasteiger partial charge in [-0.05, 0) is 41.5 Å². The van der Waals surface area contributed by atoms with Gasteiger partial charge in [0.05, 0.1) is 15.8 Å². The van der Waals surface area contributed by atoms with E-state index in [9.17, 15) is 0 Å². The van der Waals surface area contributed by atoms with Crippen LogP contribution >= 0.6 is 11.3 Å². The van der Waals surface area contributed by atoms with Gasteiger partial charge in [-0.1, -0.05) is 115 Å². The lowest BCUT2D eigenvalue weighted by Crippen LogP contribution is -2.00. The van der Waals surface area contributed by atoms with Gasteiger partial charge in [0.25, 0.3) is 0 Å². The second kappa shape index (κ2) is 10.9. The Morgan fingerprint density at radius 3 is 1.74 bits per heavy atom. The Labute approximate surface area is 268 Å². The smallest absolute Gasteiger partial charge is 0.167 e. The van der Waals surface area contributed by atoms with E-state index in [1.807, 2.05) is 91.0 Å². The number of aromatic nitrogens is 4. The minimum Gasteiger partial charge on any atom is -0.455 e. The van der Waals surface area contributed by atoms with E-state index in [0.29, 0.717) is 17.5 Å². The SMILES string of the molecule is c1ccc(-c2nc(-c3ccccc3)nc(-c3cccc4c3oc3cc(-c5ccc6nc(-c7ccccc7)sc6c5)ccc34)n2)cc1. The van der Waals surface area contributed by atoms with Crippen LogP contribution in [0.4, 0.5) is 0 Å². The Balaban J connectivity index is 1.16. The lowest BCUT2D eigenvalue weighted by molar-refractivity contribution is 0.669. The highest BCUT2D eigenvalue weighted by Gasteiger charge is 2.18. The van der Waals surface area contributed by atoms with E-state index in [1.165, 1.54) is 0 Å². The zero-order chi connectivity index (χ0) is 30.5. The van der Waals surface area contributed by atoms with E-state index in [4.69, 9.17) is 24.4 Å². The van der Waals surface area contributed by atoms with Crippen LogP contribution in [0.15, 0.2) is 150 Å². The monoisotopic (exact) mass is 608 g/mol. The lowest BCUT2D eigenvalue weighted by Gasteiger charge is -2.08. The van der Waals surface area contributed by atoms with E-state index >= 15 is 0 Å². The molecule has 0 N–H and O–H groups in total. The number of nitrogens with zero attached hydrogens (tertiary/aromatic N) is 4. The van der Waals surface area contributed by atoms with Gasteiger partial charge in [-0.15, -0.1) is 11.3 Å². The quantitative estimate of drug-likeness (QED) is 0.194. The second-order valence-corrected chi connectivity index (χ2v) is 12.1. The number of hydrogen-bond acceptors (Lipinski definition) is 6. The highest BCUT2D eigenvalue weighted by molar-refractivity contribution is 7.21. The third-order valence-corrected chi connectivity index (χ3v) is 9.25. The van der Waals surface area contributed by atoms with Crippen molar-refractivity contribution >= 4 is 43.5 Å². The van der Waals surface area contributed by atoms with Gasteiger partial charge in [0.2, 0.25) is 0 Å². The van der Waals surface area contributed by atoms with Gasteiger partial charge in [0.15, 0.2) is 17.5 Å². The van der Waals surface area contributed by atoms with E-state index in [0.717, 1.165) is 70.5 Å². The highest BCUT2D eigenvalue weighted by Crippen LogP contribution is 2.38. The van der Waals surface area contributed by atoms with Crippen LogP contribution in [0.5, 0.6) is 0 Å². The minimum atomic E-state index is 0.572. The number of hydrogen-bond donors (Lipinski definition) is 0. The predicted octanol–water partition coefficient (Wildman–Crippen LogP) is 10.7. The van der Waals surface area contributed by atoms with Crippen molar-refractivity contribution < 1.29 is 4.42 Å². The molecular weight excluding hydrogens is 585 g/mol. The van der Waals surface area contributed by atoms with E-state index in [1.54, 1.807) is 11.3 Å². The average molecular weight is 609 g/mol. The molecule has 0 aliphatic rings. The molecule has 3 heterocycles. The van der Waals surface area contributed by atoms with Gasteiger partial charge in [0.1, 0.15) is 16.2 Å². The minimum absolute atomic E-state index is 0.572. The van der Waals surface area contributed by atoms with Gasteiger partial charge >= 0.3 is 0 Å². The van der Waals surface area contributed by atoms with Crippen LogP contribution in [-0.2, 0) is 0 Å². The first-order valence-electron chi connectivity index (χ1n) is 15.1. The van der Waals surface area contributed by atoms with Crippen molar-refractivity contribution in [1.29, 1.82) is 0 Å². The highest BCUT2D eigenvalue weighted by atomic mass is 32.1. The Kier molecular flexibility index (Phi) is 6.25. The standard InChI is InChI=1S/C40H24N4OS/c1-4-11-25(12-5-1)37-42-38(26-13-6-2-7-14-26)44-39(43-37)32-18-10-17-31-30-21-19-28(23-34(30)45-36(31)32)29-20-22-33-35(24-29)46-40(41-33)27-15-8-3-9-16-27/h1-24H. The number of thiazole rings is 1. The van der Waals surface area contributed by atoms with Crippen molar-refractivity contribution in [1.82, 2.24) is 19.9 Å². The predicted molar refractivity (Wildman–Crippen MR) is 187 cm³/mol. The molecule has 0 saturated heterocycles. The van der Waals surface area contributed by atoms with Crippen LogP contribution in [0.2, 0.25) is 0 Å². The summed E-state index contributed by atoms with van der Waals surface area (Å²) < 4.78 is 7.78. The summed E-state index contributed by atoms with van der Waals surface area (Å²) in [5.74, 6) is 1.81. The summed E-state index contributed by atoms with van der Waals surface area (Å²) in [6.45, 7) is 0. The number of para-hydroxylation sites is 1. The summed E-state index contributed by atoms with van der Waals surface area (Å²) >= 11 is 1.71. The van der Waals surface area contributed by atoms with Crippen molar-refractivity contribution in [2.24, 2.45) is 0 Å². The molecule has 9 aromatic rings. The molecule has 46 heavy (non-hydrogen) atoms.